The number of nitrogens with one attached hydrogen (secondary N) is 3. The maximum atomic E-state index is 12.7. The predicted octanol–water partition coefficient (Wildman–Crippen LogP) is 3.68. The highest BCUT2D eigenvalue weighted by atomic mass is 32.1. The SMILES string of the molecule is C=C(NCc1csc2nc(C(=O)NCc3cccc(OC)c3)[nH]c(=O)c12)c1ccccc1. The lowest BCUT2D eigenvalue weighted by Gasteiger charge is -2.09. The molecule has 0 aliphatic carbocycles. The van der Waals surface area contributed by atoms with Gasteiger partial charge in [-0.25, -0.2) is 4.98 Å². The largest absolute Gasteiger partial charge is 0.497 e. The van der Waals surface area contributed by atoms with Crippen LogP contribution in [0.1, 0.15) is 27.3 Å². The first-order valence-corrected chi connectivity index (χ1v) is 10.8. The number of rotatable bonds is 8. The lowest BCUT2D eigenvalue weighted by Crippen LogP contribution is -2.27. The maximum absolute atomic E-state index is 12.7. The second-order valence-electron chi connectivity index (χ2n) is 7.09. The van der Waals surface area contributed by atoms with Crippen LogP contribution >= 0.6 is 11.3 Å². The molecule has 2 heterocycles. The molecule has 32 heavy (non-hydrogen) atoms. The van der Waals surface area contributed by atoms with Crippen LogP contribution in [0.2, 0.25) is 0 Å². The highest BCUT2D eigenvalue weighted by molar-refractivity contribution is 7.16. The Morgan fingerprint density at radius 3 is 2.72 bits per heavy atom. The summed E-state index contributed by atoms with van der Waals surface area (Å²) in [5.74, 6) is 0.247. The molecule has 2 aromatic heterocycles. The molecule has 1 amide bonds. The van der Waals surface area contributed by atoms with E-state index >= 15 is 0 Å². The summed E-state index contributed by atoms with van der Waals surface area (Å²) in [5, 5.41) is 8.38. The van der Waals surface area contributed by atoms with Crippen LogP contribution in [0.15, 0.2) is 71.4 Å². The number of aromatic amines is 1. The minimum absolute atomic E-state index is 0.0135. The summed E-state index contributed by atoms with van der Waals surface area (Å²) in [4.78, 5) is 32.8. The van der Waals surface area contributed by atoms with Gasteiger partial charge in [0.1, 0.15) is 10.6 Å². The molecule has 0 atom stereocenters. The van der Waals surface area contributed by atoms with Crippen molar-refractivity contribution in [2.45, 2.75) is 13.1 Å². The minimum Gasteiger partial charge on any atom is -0.497 e. The Kier molecular flexibility index (Phi) is 6.32. The average molecular weight is 447 g/mol. The summed E-state index contributed by atoms with van der Waals surface area (Å²) in [6.45, 7) is 4.77. The molecule has 0 spiro atoms. The quantitative estimate of drug-likeness (QED) is 0.384. The zero-order chi connectivity index (χ0) is 22.5. The number of benzene rings is 2. The summed E-state index contributed by atoms with van der Waals surface area (Å²) in [5.41, 5.74) is 3.09. The number of methoxy groups -OCH3 is 1. The van der Waals surface area contributed by atoms with Crippen molar-refractivity contribution in [3.05, 3.63) is 99.4 Å². The van der Waals surface area contributed by atoms with Crippen molar-refractivity contribution < 1.29 is 9.53 Å². The summed E-state index contributed by atoms with van der Waals surface area (Å²) >= 11 is 1.33. The smallest absolute Gasteiger partial charge is 0.287 e. The van der Waals surface area contributed by atoms with Crippen molar-refractivity contribution in [2.75, 3.05) is 7.11 Å². The van der Waals surface area contributed by atoms with Crippen LogP contribution in [0.4, 0.5) is 0 Å². The normalized spacial score (nSPS) is 10.7. The average Bonchev–Trinajstić information content (AvgIpc) is 3.25. The highest BCUT2D eigenvalue weighted by Gasteiger charge is 2.15. The molecule has 162 valence electrons. The number of amides is 1. The van der Waals surface area contributed by atoms with Gasteiger partial charge in [0.25, 0.3) is 11.5 Å². The van der Waals surface area contributed by atoms with E-state index in [9.17, 15) is 9.59 Å². The van der Waals surface area contributed by atoms with Crippen molar-refractivity contribution in [3.63, 3.8) is 0 Å². The molecular weight excluding hydrogens is 424 g/mol. The minimum atomic E-state index is -0.447. The van der Waals surface area contributed by atoms with E-state index in [2.05, 4.69) is 27.2 Å². The van der Waals surface area contributed by atoms with Crippen LogP contribution in [-0.2, 0) is 13.1 Å². The molecule has 0 saturated carbocycles. The number of carbonyl (C=O) groups is 1. The standard InChI is InChI=1S/C24H22N4O3S/c1-15(17-8-4-3-5-9-17)25-13-18-14-32-24-20(18)22(29)27-21(28-24)23(30)26-12-16-7-6-10-19(11-16)31-2/h3-11,14,25H,1,12-13H2,2H3,(H,26,30)(H,27,28,29). The predicted molar refractivity (Wildman–Crippen MR) is 127 cm³/mol. The van der Waals surface area contributed by atoms with Crippen LogP contribution in [-0.4, -0.2) is 23.0 Å². The van der Waals surface area contributed by atoms with Gasteiger partial charge in [-0.2, -0.15) is 0 Å². The first kappa shape index (κ1) is 21.3. The Labute approximate surface area is 188 Å². The van der Waals surface area contributed by atoms with E-state index in [1.54, 1.807) is 7.11 Å². The van der Waals surface area contributed by atoms with Crippen molar-refractivity contribution in [3.8, 4) is 5.75 Å². The molecule has 0 saturated heterocycles. The second-order valence-corrected chi connectivity index (χ2v) is 7.95. The second kappa shape index (κ2) is 9.49. The van der Waals surface area contributed by atoms with Crippen LogP contribution in [0.25, 0.3) is 15.9 Å². The molecule has 8 heteroatoms. The number of carbonyl (C=O) groups excluding carboxylic acids is 1. The van der Waals surface area contributed by atoms with Crippen LogP contribution < -0.4 is 20.9 Å². The molecule has 4 aromatic rings. The van der Waals surface area contributed by atoms with Crippen LogP contribution in [0.3, 0.4) is 0 Å². The number of ether oxygens (including phenoxy) is 1. The Bertz CT molecular complexity index is 1330. The zero-order valence-corrected chi connectivity index (χ0v) is 18.3. The molecule has 0 radical (unpaired) electrons. The van der Waals surface area contributed by atoms with E-state index in [1.165, 1.54) is 11.3 Å². The van der Waals surface area contributed by atoms with Crippen molar-refractivity contribution in [2.24, 2.45) is 0 Å². The molecule has 3 N–H and O–H groups in total. The molecule has 2 aromatic carbocycles. The Morgan fingerprint density at radius 2 is 1.94 bits per heavy atom. The first-order chi connectivity index (χ1) is 15.5. The van der Waals surface area contributed by atoms with Crippen LogP contribution in [0.5, 0.6) is 5.75 Å². The summed E-state index contributed by atoms with van der Waals surface area (Å²) in [6.07, 6.45) is 0. The van der Waals surface area contributed by atoms with E-state index in [4.69, 9.17) is 4.74 Å². The van der Waals surface area contributed by atoms with Gasteiger partial charge in [-0.3, -0.25) is 9.59 Å². The highest BCUT2D eigenvalue weighted by Crippen LogP contribution is 2.22. The van der Waals surface area contributed by atoms with Gasteiger partial charge in [-0.05, 0) is 34.2 Å². The molecule has 0 aliphatic rings. The van der Waals surface area contributed by atoms with Crippen molar-refractivity contribution in [1.29, 1.82) is 0 Å². The molecular formula is C24H22N4O3S. The van der Waals surface area contributed by atoms with E-state index < -0.39 is 5.91 Å². The van der Waals surface area contributed by atoms with Gasteiger partial charge in [-0.1, -0.05) is 49.0 Å². The fourth-order valence-electron chi connectivity index (χ4n) is 3.24. The lowest BCUT2D eigenvalue weighted by molar-refractivity contribution is 0.0940. The summed E-state index contributed by atoms with van der Waals surface area (Å²) < 4.78 is 5.19. The molecule has 0 fully saturated rings. The number of hydrogen-bond acceptors (Lipinski definition) is 6. The molecule has 0 bridgehead atoms. The monoisotopic (exact) mass is 446 g/mol. The fourth-order valence-corrected chi connectivity index (χ4v) is 4.18. The summed E-state index contributed by atoms with van der Waals surface area (Å²) in [7, 11) is 1.59. The van der Waals surface area contributed by atoms with E-state index in [-0.39, 0.29) is 11.4 Å². The number of nitrogens with zero attached hydrogens (tertiary/aromatic N) is 1. The third kappa shape index (κ3) is 4.70. The van der Waals surface area contributed by atoms with E-state index in [0.717, 1.165) is 22.4 Å². The third-order valence-electron chi connectivity index (χ3n) is 4.94. The Hall–Kier alpha value is -3.91. The van der Waals surface area contributed by atoms with Gasteiger partial charge >= 0.3 is 0 Å². The Morgan fingerprint density at radius 1 is 1.12 bits per heavy atom. The Balaban J connectivity index is 1.46. The lowest BCUT2D eigenvalue weighted by atomic mass is 10.1. The van der Waals surface area contributed by atoms with Crippen molar-refractivity contribution >= 4 is 33.2 Å². The van der Waals surface area contributed by atoms with Gasteiger partial charge in [0, 0.05) is 18.8 Å². The van der Waals surface area contributed by atoms with Crippen LogP contribution in [0, 0.1) is 0 Å². The number of fused-ring (bicyclic) bond motifs is 1. The van der Waals surface area contributed by atoms with Gasteiger partial charge in [-0.15, -0.1) is 11.3 Å². The third-order valence-corrected chi connectivity index (χ3v) is 5.86. The zero-order valence-electron chi connectivity index (χ0n) is 17.5. The molecule has 7 nitrogen and oxygen atoms in total. The molecule has 0 aliphatic heterocycles. The van der Waals surface area contributed by atoms with Gasteiger partial charge in [0.15, 0.2) is 0 Å². The van der Waals surface area contributed by atoms with Gasteiger partial charge in [0.2, 0.25) is 5.82 Å². The molecule has 0 unspecified atom stereocenters. The first-order valence-electron chi connectivity index (χ1n) is 9.95. The summed E-state index contributed by atoms with van der Waals surface area (Å²) in [6, 6.07) is 17.1. The van der Waals surface area contributed by atoms with E-state index in [0.29, 0.717) is 29.1 Å². The van der Waals surface area contributed by atoms with E-state index in [1.807, 2.05) is 60.0 Å². The molecule has 4 rings (SSSR count). The van der Waals surface area contributed by atoms with Gasteiger partial charge in [0.05, 0.1) is 12.5 Å². The topological polar surface area (TPSA) is 96.1 Å². The number of aromatic nitrogens is 2. The van der Waals surface area contributed by atoms with Crippen molar-refractivity contribution in [1.82, 2.24) is 20.6 Å². The number of H-pyrrole nitrogens is 1. The number of thiophene rings is 1. The van der Waals surface area contributed by atoms with Gasteiger partial charge < -0.3 is 20.4 Å². The number of hydrogen-bond donors (Lipinski definition) is 3. The maximum Gasteiger partial charge on any atom is 0.287 e. The fraction of sp³-hybridized carbons (Fsp3) is 0.125.